The first kappa shape index (κ1) is 25.8. The van der Waals surface area contributed by atoms with E-state index in [1.807, 2.05) is 6.92 Å². The van der Waals surface area contributed by atoms with Crippen LogP contribution in [0.15, 0.2) is 42.5 Å². The predicted octanol–water partition coefficient (Wildman–Crippen LogP) is 6.90. The zero-order valence-electron chi connectivity index (χ0n) is 19.3. The number of carbonyl (C=O) groups is 3. The van der Waals surface area contributed by atoms with Crippen LogP contribution in [0.25, 0.3) is 0 Å². The summed E-state index contributed by atoms with van der Waals surface area (Å²) in [5, 5.41) is -0.798. The molecule has 2 aliphatic heterocycles. The first-order valence-electron chi connectivity index (χ1n) is 11.1. The van der Waals surface area contributed by atoms with Crippen molar-refractivity contribution in [2.45, 2.75) is 25.9 Å². The number of imide groups is 1. The Morgan fingerprint density at radius 1 is 0.811 bits per heavy atom. The summed E-state index contributed by atoms with van der Waals surface area (Å²) in [5.74, 6) is -2.16. The summed E-state index contributed by atoms with van der Waals surface area (Å²) in [6.45, 7) is 4.04. The number of halogens is 5. The Bertz CT molecular complexity index is 1450. The predicted molar refractivity (Wildman–Crippen MR) is 140 cm³/mol. The molecule has 0 unspecified atom stereocenters. The molecule has 0 saturated carbocycles. The van der Waals surface area contributed by atoms with Crippen molar-refractivity contribution in [2.75, 3.05) is 11.5 Å². The van der Waals surface area contributed by atoms with Crippen LogP contribution < -0.4 is 9.64 Å². The number of aryl methyl sites for hydroxylation is 1. The molecule has 6 nitrogen and oxygen atoms in total. The van der Waals surface area contributed by atoms with E-state index >= 15 is 0 Å². The quantitative estimate of drug-likeness (QED) is 0.142. The third kappa shape index (κ3) is 3.87. The van der Waals surface area contributed by atoms with Gasteiger partial charge in [-0.05, 0) is 49.2 Å². The fourth-order valence-electron chi connectivity index (χ4n) is 4.71. The molecule has 37 heavy (non-hydrogen) atoms. The van der Waals surface area contributed by atoms with Gasteiger partial charge in [0.15, 0.2) is 0 Å². The molecule has 1 fully saturated rings. The van der Waals surface area contributed by atoms with Gasteiger partial charge >= 0.3 is 0 Å². The number of hydrogen-bond donors (Lipinski definition) is 0. The number of benzene rings is 3. The SMILES string of the molecule is CCOc1ccc([C@@H]2[C@H](N3C(=O)c4c(Cl)c(Cl)c(Cl)c(Cl)c4C3=O)C(=O)N2c2cc(F)ccc2C)cc1. The summed E-state index contributed by atoms with van der Waals surface area (Å²) in [7, 11) is 0. The maximum atomic E-state index is 14.2. The van der Waals surface area contributed by atoms with Gasteiger partial charge in [0.2, 0.25) is 0 Å². The zero-order valence-corrected chi connectivity index (χ0v) is 22.3. The lowest BCUT2D eigenvalue weighted by Crippen LogP contribution is -2.67. The molecular formula is C26H17Cl4FN2O4. The van der Waals surface area contributed by atoms with Crippen molar-refractivity contribution in [2.24, 2.45) is 0 Å². The van der Waals surface area contributed by atoms with Crippen LogP contribution in [0, 0.1) is 12.7 Å². The Balaban J connectivity index is 1.63. The lowest BCUT2D eigenvalue weighted by Gasteiger charge is -2.50. The molecule has 0 spiro atoms. The van der Waals surface area contributed by atoms with Crippen molar-refractivity contribution in [1.29, 1.82) is 0 Å². The first-order chi connectivity index (χ1) is 17.6. The second-order valence-corrected chi connectivity index (χ2v) is 10.0. The minimum Gasteiger partial charge on any atom is -0.494 e. The van der Waals surface area contributed by atoms with Gasteiger partial charge in [0.1, 0.15) is 17.6 Å². The molecule has 0 N–H and O–H groups in total. The fraction of sp³-hybridized carbons (Fsp3) is 0.192. The third-order valence-electron chi connectivity index (χ3n) is 6.44. The minimum atomic E-state index is -1.25. The molecule has 5 rings (SSSR count). The van der Waals surface area contributed by atoms with Gasteiger partial charge in [-0.3, -0.25) is 19.3 Å². The van der Waals surface area contributed by atoms with Crippen LogP contribution in [0.3, 0.4) is 0 Å². The molecule has 3 amide bonds. The van der Waals surface area contributed by atoms with E-state index in [2.05, 4.69) is 0 Å². The number of amides is 3. The van der Waals surface area contributed by atoms with Crippen LogP contribution in [0.4, 0.5) is 10.1 Å². The number of fused-ring (bicyclic) bond motifs is 1. The zero-order chi connectivity index (χ0) is 26.8. The van der Waals surface area contributed by atoms with Crippen molar-refractivity contribution < 1.29 is 23.5 Å². The summed E-state index contributed by atoms with van der Waals surface area (Å²) in [5.41, 5.74) is 1.12. The van der Waals surface area contributed by atoms with Crippen LogP contribution >= 0.6 is 46.4 Å². The Morgan fingerprint density at radius 3 is 1.92 bits per heavy atom. The van der Waals surface area contributed by atoms with Crippen LogP contribution in [0.1, 0.15) is 44.8 Å². The number of nitrogens with zero attached hydrogens (tertiary/aromatic N) is 2. The topological polar surface area (TPSA) is 66.9 Å². The molecule has 2 aliphatic rings. The molecule has 0 aliphatic carbocycles. The highest BCUT2D eigenvalue weighted by Crippen LogP contribution is 2.49. The summed E-state index contributed by atoms with van der Waals surface area (Å²) < 4.78 is 19.7. The highest BCUT2D eigenvalue weighted by Gasteiger charge is 2.58. The van der Waals surface area contributed by atoms with E-state index in [1.54, 1.807) is 37.3 Å². The number of ether oxygens (including phenoxy) is 1. The van der Waals surface area contributed by atoms with Gasteiger partial charge in [0.05, 0.1) is 49.6 Å². The first-order valence-corrected chi connectivity index (χ1v) is 12.6. The van der Waals surface area contributed by atoms with Crippen molar-refractivity contribution in [1.82, 2.24) is 4.90 Å². The van der Waals surface area contributed by atoms with E-state index in [0.29, 0.717) is 29.2 Å². The maximum absolute atomic E-state index is 14.2. The standard InChI is InChI=1S/C26H17Cl4FN2O4/c1-3-37-14-8-5-12(6-9-14)22-23(26(36)32(22)15-10-13(31)7-4-11(15)2)33-24(34)16-17(25(33)35)19(28)21(30)20(29)18(16)27/h4-10,22-23H,3H2,1-2H3/t22-,23+/m1/s1. The average Bonchev–Trinajstić information content (AvgIpc) is 3.13. The summed E-state index contributed by atoms with van der Waals surface area (Å²) >= 11 is 24.8. The highest BCUT2D eigenvalue weighted by atomic mass is 35.5. The average molecular weight is 582 g/mol. The van der Waals surface area contributed by atoms with Gasteiger partial charge in [-0.2, -0.15) is 0 Å². The molecule has 11 heteroatoms. The maximum Gasteiger partial charge on any atom is 0.264 e. The Kier molecular flexibility index (Phi) is 6.61. The van der Waals surface area contributed by atoms with Gasteiger partial charge < -0.3 is 9.64 Å². The minimum absolute atomic E-state index is 0.171. The summed E-state index contributed by atoms with van der Waals surface area (Å²) in [6.07, 6.45) is 0. The second kappa shape index (κ2) is 9.48. The fourth-order valence-corrected chi connectivity index (χ4v) is 5.73. The summed E-state index contributed by atoms with van der Waals surface area (Å²) in [6, 6.07) is 8.87. The Morgan fingerprint density at radius 2 is 1.38 bits per heavy atom. The molecule has 1 saturated heterocycles. The molecule has 0 bridgehead atoms. The molecule has 3 aromatic carbocycles. The van der Waals surface area contributed by atoms with E-state index in [9.17, 15) is 18.8 Å². The van der Waals surface area contributed by atoms with Gasteiger partial charge in [-0.1, -0.05) is 64.6 Å². The number of carbonyl (C=O) groups excluding carboxylic acids is 3. The molecule has 190 valence electrons. The van der Waals surface area contributed by atoms with Gasteiger partial charge in [-0.25, -0.2) is 4.39 Å². The molecule has 3 aromatic rings. The van der Waals surface area contributed by atoms with Gasteiger partial charge in [-0.15, -0.1) is 0 Å². The number of hydrogen-bond acceptors (Lipinski definition) is 4. The van der Waals surface area contributed by atoms with Crippen LogP contribution in [-0.4, -0.2) is 35.3 Å². The molecule has 2 atom stereocenters. The van der Waals surface area contributed by atoms with Crippen LogP contribution in [0.5, 0.6) is 5.75 Å². The van der Waals surface area contributed by atoms with Crippen molar-refractivity contribution >= 4 is 69.8 Å². The molecular weight excluding hydrogens is 565 g/mol. The number of anilines is 1. The van der Waals surface area contributed by atoms with E-state index in [1.165, 1.54) is 17.0 Å². The van der Waals surface area contributed by atoms with Crippen LogP contribution in [-0.2, 0) is 4.79 Å². The Hall–Kier alpha value is -2.84. The van der Waals surface area contributed by atoms with Crippen molar-refractivity contribution in [3.63, 3.8) is 0 Å². The monoisotopic (exact) mass is 580 g/mol. The molecule has 0 radical (unpaired) electrons. The Labute approximate surface area is 231 Å². The van der Waals surface area contributed by atoms with E-state index < -0.39 is 35.6 Å². The third-order valence-corrected chi connectivity index (χ3v) is 8.24. The second-order valence-electron chi connectivity index (χ2n) is 8.52. The van der Waals surface area contributed by atoms with Gasteiger partial charge in [0.25, 0.3) is 17.7 Å². The highest BCUT2D eigenvalue weighted by molar-refractivity contribution is 6.55. The largest absolute Gasteiger partial charge is 0.494 e. The molecule has 0 aromatic heterocycles. The number of β-lactam (4-membered cyclic amide) rings is 1. The van der Waals surface area contributed by atoms with Crippen molar-refractivity contribution in [3.8, 4) is 5.75 Å². The lowest BCUT2D eigenvalue weighted by atomic mass is 9.85. The van der Waals surface area contributed by atoms with Crippen LogP contribution in [0.2, 0.25) is 20.1 Å². The molecule has 2 heterocycles. The van der Waals surface area contributed by atoms with E-state index in [0.717, 1.165) is 4.90 Å². The van der Waals surface area contributed by atoms with Gasteiger partial charge in [0, 0.05) is 0 Å². The van der Waals surface area contributed by atoms with E-state index in [4.69, 9.17) is 51.1 Å². The lowest BCUT2D eigenvalue weighted by molar-refractivity contribution is -0.130. The van der Waals surface area contributed by atoms with Crippen molar-refractivity contribution in [3.05, 3.63) is 90.6 Å². The summed E-state index contributed by atoms with van der Waals surface area (Å²) in [4.78, 5) is 42.8. The van der Waals surface area contributed by atoms with E-state index in [-0.39, 0.29) is 31.2 Å². The normalized spacial score (nSPS) is 18.8. The smallest absolute Gasteiger partial charge is 0.264 e. The number of rotatable bonds is 5.